The number of benzene rings is 2. The minimum absolute atomic E-state index is 0.0191. The van der Waals surface area contributed by atoms with Crippen LogP contribution in [0.2, 0.25) is 0 Å². The van der Waals surface area contributed by atoms with Gasteiger partial charge in [0.05, 0.1) is 6.61 Å². The Kier molecular flexibility index (Phi) is 6.64. The third-order valence-corrected chi connectivity index (χ3v) is 5.44. The van der Waals surface area contributed by atoms with Gasteiger partial charge in [-0.2, -0.15) is 0 Å². The maximum absolute atomic E-state index is 12.2. The van der Waals surface area contributed by atoms with Crippen LogP contribution in [-0.2, 0) is 16.1 Å². The highest BCUT2D eigenvalue weighted by atomic mass is 16.5. The van der Waals surface area contributed by atoms with Crippen LogP contribution in [0, 0.1) is 6.92 Å². The van der Waals surface area contributed by atoms with Crippen molar-refractivity contribution in [1.82, 2.24) is 5.32 Å². The summed E-state index contributed by atoms with van der Waals surface area (Å²) < 4.78 is 16.6. The predicted octanol–water partition coefficient (Wildman–Crippen LogP) is 1.08. The molecule has 3 aromatic rings. The van der Waals surface area contributed by atoms with E-state index in [-0.39, 0.29) is 18.6 Å². The zero-order chi connectivity index (χ0) is 21.6. The van der Waals surface area contributed by atoms with Gasteiger partial charge < -0.3 is 24.1 Å². The maximum atomic E-state index is 12.2. The van der Waals surface area contributed by atoms with E-state index in [1.807, 2.05) is 19.1 Å². The normalized spacial score (nSPS) is 18.6. The number of quaternary nitrogens is 1. The third kappa shape index (κ3) is 5.71. The summed E-state index contributed by atoms with van der Waals surface area (Å²) in [5.74, 6) is 0.258. The molecule has 2 atom stereocenters. The average molecular weight is 423 g/mol. The number of amides is 1. The maximum Gasteiger partial charge on any atom is 0.336 e. The first-order valence-corrected chi connectivity index (χ1v) is 10.5. The first-order valence-electron chi connectivity index (χ1n) is 10.5. The molecule has 1 saturated heterocycles. The molecule has 31 heavy (non-hydrogen) atoms. The zero-order valence-electron chi connectivity index (χ0n) is 17.6. The molecular weight excluding hydrogens is 396 g/mol. The van der Waals surface area contributed by atoms with Gasteiger partial charge in [0.1, 0.15) is 37.1 Å². The standard InChI is InChI=1S/C24H26N2O5/c1-17-11-24(28)31-22-12-19(7-8-21(17)22)30-16-23(27)25-13-20-15-26(9-10-29-20)14-18-5-3-2-4-6-18/h2-8,11-12,20H,9-10,13-16H2,1H3,(H,25,27)/p+1/t20-/m0/s1. The number of nitrogens with one attached hydrogen (secondary N) is 2. The second kappa shape index (κ2) is 9.76. The van der Waals surface area contributed by atoms with Gasteiger partial charge in [-0.05, 0) is 24.6 Å². The number of hydrogen-bond donors (Lipinski definition) is 2. The summed E-state index contributed by atoms with van der Waals surface area (Å²) >= 11 is 0. The monoisotopic (exact) mass is 423 g/mol. The number of carbonyl (C=O) groups is 1. The van der Waals surface area contributed by atoms with E-state index < -0.39 is 5.63 Å². The van der Waals surface area contributed by atoms with E-state index in [9.17, 15) is 9.59 Å². The molecular formula is C24H27N2O5+. The fourth-order valence-electron chi connectivity index (χ4n) is 3.85. The largest absolute Gasteiger partial charge is 0.484 e. The Morgan fingerprint density at radius 1 is 1.19 bits per heavy atom. The average Bonchev–Trinajstić information content (AvgIpc) is 2.77. The Hall–Kier alpha value is -3.16. The van der Waals surface area contributed by atoms with Crippen molar-refractivity contribution in [2.75, 3.05) is 32.8 Å². The van der Waals surface area contributed by atoms with Gasteiger partial charge in [-0.1, -0.05) is 30.3 Å². The van der Waals surface area contributed by atoms with Gasteiger partial charge >= 0.3 is 5.63 Å². The van der Waals surface area contributed by atoms with Crippen molar-refractivity contribution in [2.24, 2.45) is 0 Å². The fraction of sp³-hybridized carbons (Fsp3) is 0.333. The first-order chi connectivity index (χ1) is 15.1. The lowest BCUT2D eigenvalue weighted by molar-refractivity contribution is -0.925. The van der Waals surface area contributed by atoms with Gasteiger partial charge in [0, 0.05) is 29.6 Å². The van der Waals surface area contributed by atoms with Gasteiger partial charge in [0.2, 0.25) is 0 Å². The van der Waals surface area contributed by atoms with E-state index in [1.54, 1.807) is 12.1 Å². The van der Waals surface area contributed by atoms with Crippen LogP contribution >= 0.6 is 0 Å². The van der Waals surface area contributed by atoms with Crippen molar-refractivity contribution in [2.45, 2.75) is 19.6 Å². The molecule has 2 heterocycles. The molecule has 4 rings (SSSR count). The Bertz CT molecular complexity index is 1100. The van der Waals surface area contributed by atoms with Crippen molar-refractivity contribution in [3.05, 3.63) is 76.1 Å². The van der Waals surface area contributed by atoms with Gasteiger partial charge in [-0.3, -0.25) is 4.79 Å². The van der Waals surface area contributed by atoms with Crippen LogP contribution in [0.25, 0.3) is 11.0 Å². The molecule has 1 aliphatic heterocycles. The Balaban J connectivity index is 1.24. The second-order valence-corrected chi connectivity index (χ2v) is 7.86. The topological polar surface area (TPSA) is 82.2 Å². The van der Waals surface area contributed by atoms with Crippen molar-refractivity contribution in [3.8, 4) is 5.75 Å². The number of ether oxygens (including phenoxy) is 2. The van der Waals surface area contributed by atoms with Crippen molar-refractivity contribution < 1.29 is 23.6 Å². The highest BCUT2D eigenvalue weighted by Crippen LogP contribution is 2.22. The predicted molar refractivity (Wildman–Crippen MR) is 116 cm³/mol. The summed E-state index contributed by atoms with van der Waals surface area (Å²) in [6.45, 7) is 5.62. The third-order valence-electron chi connectivity index (χ3n) is 5.44. The lowest BCUT2D eigenvalue weighted by Gasteiger charge is -2.30. The van der Waals surface area contributed by atoms with Crippen LogP contribution < -0.4 is 20.6 Å². The van der Waals surface area contributed by atoms with Crippen LogP contribution in [0.5, 0.6) is 5.75 Å². The van der Waals surface area contributed by atoms with E-state index >= 15 is 0 Å². The zero-order valence-corrected chi connectivity index (χ0v) is 17.6. The summed E-state index contributed by atoms with van der Waals surface area (Å²) in [6.07, 6.45) is -0.0191. The summed E-state index contributed by atoms with van der Waals surface area (Å²) in [6, 6.07) is 17.1. The van der Waals surface area contributed by atoms with Crippen LogP contribution in [0.3, 0.4) is 0 Å². The molecule has 1 fully saturated rings. The van der Waals surface area contributed by atoms with Crippen LogP contribution in [0.4, 0.5) is 0 Å². The number of aryl methyl sites for hydroxylation is 1. The van der Waals surface area contributed by atoms with Crippen LogP contribution in [-0.4, -0.2) is 44.9 Å². The molecule has 7 nitrogen and oxygen atoms in total. The van der Waals surface area contributed by atoms with E-state index in [1.165, 1.54) is 16.5 Å². The number of morpholine rings is 1. The fourth-order valence-corrected chi connectivity index (χ4v) is 3.85. The summed E-state index contributed by atoms with van der Waals surface area (Å²) in [5, 5.41) is 3.73. The van der Waals surface area contributed by atoms with Crippen molar-refractivity contribution in [3.63, 3.8) is 0 Å². The van der Waals surface area contributed by atoms with Crippen molar-refractivity contribution in [1.29, 1.82) is 0 Å². The van der Waals surface area contributed by atoms with Crippen LogP contribution in [0.15, 0.2) is 63.8 Å². The minimum atomic E-state index is -0.407. The molecule has 2 aromatic carbocycles. The number of fused-ring (bicyclic) bond motifs is 1. The quantitative estimate of drug-likeness (QED) is 0.556. The highest BCUT2D eigenvalue weighted by Gasteiger charge is 2.24. The smallest absolute Gasteiger partial charge is 0.336 e. The van der Waals surface area contributed by atoms with Gasteiger partial charge in [-0.15, -0.1) is 0 Å². The lowest BCUT2D eigenvalue weighted by Crippen LogP contribution is -3.13. The first kappa shape index (κ1) is 21.1. The Labute approximate surface area is 180 Å². The molecule has 1 aliphatic rings. The molecule has 2 N–H and O–H groups in total. The number of hydrogen-bond acceptors (Lipinski definition) is 5. The summed E-state index contributed by atoms with van der Waals surface area (Å²) in [4.78, 5) is 25.2. The number of rotatable bonds is 7. The molecule has 1 amide bonds. The molecule has 0 bridgehead atoms. The molecule has 7 heteroatoms. The number of carbonyl (C=O) groups excluding carboxylic acids is 1. The second-order valence-electron chi connectivity index (χ2n) is 7.86. The van der Waals surface area contributed by atoms with Crippen LogP contribution in [0.1, 0.15) is 11.1 Å². The highest BCUT2D eigenvalue weighted by molar-refractivity contribution is 5.81. The Morgan fingerprint density at radius 2 is 2.03 bits per heavy atom. The molecule has 0 radical (unpaired) electrons. The summed E-state index contributed by atoms with van der Waals surface area (Å²) in [7, 11) is 0. The van der Waals surface area contributed by atoms with Gasteiger partial charge in [0.15, 0.2) is 6.61 Å². The SMILES string of the molecule is Cc1cc(=O)oc2cc(OCC(=O)NC[C@H]3C[NH+](Cc4ccccc4)CCO3)ccc12. The van der Waals surface area contributed by atoms with Gasteiger partial charge in [0.25, 0.3) is 5.91 Å². The molecule has 0 saturated carbocycles. The lowest BCUT2D eigenvalue weighted by atomic mass is 10.1. The molecule has 1 unspecified atom stereocenters. The van der Waals surface area contributed by atoms with E-state index in [4.69, 9.17) is 13.9 Å². The van der Waals surface area contributed by atoms with E-state index in [0.717, 1.165) is 30.6 Å². The molecule has 0 aliphatic carbocycles. The Morgan fingerprint density at radius 3 is 2.87 bits per heavy atom. The van der Waals surface area contributed by atoms with E-state index in [0.29, 0.717) is 24.5 Å². The summed E-state index contributed by atoms with van der Waals surface area (Å²) in [5.41, 5.74) is 2.18. The minimum Gasteiger partial charge on any atom is -0.484 e. The van der Waals surface area contributed by atoms with E-state index in [2.05, 4.69) is 29.6 Å². The molecule has 0 spiro atoms. The van der Waals surface area contributed by atoms with Gasteiger partial charge in [-0.25, -0.2) is 4.79 Å². The molecule has 1 aromatic heterocycles. The molecule has 162 valence electrons. The van der Waals surface area contributed by atoms with Crippen molar-refractivity contribution >= 4 is 16.9 Å².